The predicted octanol–water partition coefficient (Wildman–Crippen LogP) is 4.75. The Labute approximate surface area is 127 Å². The van der Waals surface area contributed by atoms with Gasteiger partial charge in [0.05, 0.1) is 24.6 Å². The van der Waals surface area contributed by atoms with Crippen LogP contribution in [0, 0.1) is 11.3 Å². The normalized spacial score (nSPS) is 9.90. The van der Waals surface area contributed by atoms with E-state index in [4.69, 9.17) is 37.9 Å². The smallest absolute Gasteiger partial charge is 0.169 e. The molecule has 2 aromatic rings. The highest BCUT2D eigenvalue weighted by Gasteiger charge is 2.11. The van der Waals surface area contributed by atoms with E-state index in [0.29, 0.717) is 33.4 Å². The topological polar surface area (TPSA) is 42.2 Å². The quantitative estimate of drug-likeness (QED) is 0.765. The van der Waals surface area contributed by atoms with E-state index in [1.54, 1.807) is 36.4 Å². The molecular weight excluding hydrogens is 297 g/mol. The van der Waals surface area contributed by atoms with Crippen LogP contribution in [0.1, 0.15) is 11.1 Å². The molecule has 0 atom stereocenters. The minimum absolute atomic E-state index is 0.244. The first-order chi connectivity index (χ1) is 9.69. The number of ether oxygens (including phenoxy) is 2. The Hall–Kier alpha value is -1.89. The van der Waals surface area contributed by atoms with E-state index in [0.717, 1.165) is 0 Å². The average Bonchev–Trinajstić information content (AvgIpc) is 2.48. The fourth-order valence-electron chi connectivity index (χ4n) is 1.70. The lowest BCUT2D eigenvalue weighted by molar-refractivity contribution is 0.378. The number of nitrogens with zero attached hydrogens (tertiary/aromatic N) is 1. The highest BCUT2D eigenvalue weighted by atomic mass is 35.5. The van der Waals surface area contributed by atoms with Crippen LogP contribution in [0.2, 0.25) is 5.02 Å². The molecule has 0 bridgehead atoms. The third-order valence-corrected chi connectivity index (χ3v) is 3.34. The van der Waals surface area contributed by atoms with Crippen LogP contribution in [0.5, 0.6) is 17.2 Å². The third-order valence-electron chi connectivity index (χ3n) is 2.72. The fraction of sp³-hybridized carbons (Fsp3) is 0.133. The molecular formula is C15H11Cl2NO2. The summed E-state index contributed by atoms with van der Waals surface area (Å²) < 4.78 is 11.0. The van der Waals surface area contributed by atoms with Crippen LogP contribution < -0.4 is 9.47 Å². The Morgan fingerprint density at radius 3 is 2.60 bits per heavy atom. The van der Waals surface area contributed by atoms with Gasteiger partial charge in [-0.05, 0) is 24.3 Å². The second kappa shape index (κ2) is 6.51. The summed E-state index contributed by atoms with van der Waals surface area (Å²) >= 11 is 12.0. The molecule has 0 N–H and O–H groups in total. The van der Waals surface area contributed by atoms with Crippen LogP contribution in [0.15, 0.2) is 36.4 Å². The zero-order chi connectivity index (χ0) is 14.5. The molecule has 0 aliphatic carbocycles. The van der Waals surface area contributed by atoms with Gasteiger partial charge in [-0.2, -0.15) is 5.26 Å². The minimum Gasteiger partial charge on any atom is -0.493 e. The summed E-state index contributed by atoms with van der Waals surface area (Å²) in [6.07, 6.45) is 0. The third kappa shape index (κ3) is 2.98. The number of benzene rings is 2. The van der Waals surface area contributed by atoms with Gasteiger partial charge in [-0.15, -0.1) is 11.6 Å². The molecule has 20 heavy (non-hydrogen) atoms. The Balaban J connectivity index is 2.40. The zero-order valence-electron chi connectivity index (χ0n) is 10.7. The maximum absolute atomic E-state index is 8.88. The van der Waals surface area contributed by atoms with Gasteiger partial charge in [0, 0.05) is 16.7 Å². The monoisotopic (exact) mass is 307 g/mol. The summed E-state index contributed by atoms with van der Waals surface area (Å²) in [7, 11) is 1.52. The maximum atomic E-state index is 8.88. The predicted molar refractivity (Wildman–Crippen MR) is 78.8 cm³/mol. The Morgan fingerprint density at radius 1 is 1.15 bits per heavy atom. The lowest BCUT2D eigenvalue weighted by atomic mass is 10.2. The van der Waals surface area contributed by atoms with Crippen LogP contribution in [0.25, 0.3) is 0 Å². The summed E-state index contributed by atoms with van der Waals surface area (Å²) in [4.78, 5) is 0. The molecule has 2 aromatic carbocycles. The van der Waals surface area contributed by atoms with E-state index >= 15 is 0 Å². The van der Waals surface area contributed by atoms with Gasteiger partial charge in [-0.3, -0.25) is 0 Å². The van der Waals surface area contributed by atoms with E-state index < -0.39 is 0 Å². The van der Waals surface area contributed by atoms with Crippen LogP contribution in [0.3, 0.4) is 0 Å². The molecule has 0 saturated carbocycles. The summed E-state index contributed by atoms with van der Waals surface area (Å²) in [6.45, 7) is 0. The van der Waals surface area contributed by atoms with Crippen LogP contribution in [0.4, 0.5) is 0 Å². The molecule has 2 rings (SSSR count). The van der Waals surface area contributed by atoms with Gasteiger partial charge in [-0.1, -0.05) is 17.7 Å². The Kier molecular flexibility index (Phi) is 4.73. The van der Waals surface area contributed by atoms with Crippen LogP contribution in [-0.4, -0.2) is 7.11 Å². The first kappa shape index (κ1) is 14.5. The number of nitriles is 1. The molecule has 0 unspecified atom stereocenters. The van der Waals surface area contributed by atoms with Crippen molar-refractivity contribution in [1.82, 2.24) is 0 Å². The molecule has 0 aliphatic rings. The number of halogens is 2. The summed E-state index contributed by atoms with van der Waals surface area (Å²) in [5.41, 5.74) is 1.21. The van der Waals surface area contributed by atoms with Crippen molar-refractivity contribution in [2.24, 2.45) is 0 Å². The molecule has 0 heterocycles. The van der Waals surface area contributed by atoms with Crippen molar-refractivity contribution >= 4 is 23.2 Å². The molecule has 5 heteroatoms. The van der Waals surface area contributed by atoms with E-state index in [1.807, 2.05) is 6.07 Å². The molecule has 0 aromatic heterocycles. The van der Waals surface area contributed by atoms with Crippen molar-refractivity contribution in [3.63, 3.8) is 0 Å². The largest absolute Gasteiger partial charge is 0.493 e. The van der Waals surface area contributed by atoms with Crippen molar-refractivity contribution < 1.29 is 9.47 Å². The Bertz CT molecular complexity index is 665. The molecule has 0 saturated heterocycles. The molecule has 0 amide bonds. The lowest BCUT2D eigenvalue weighted by Gasteiger charge is -2.13. The first-order valence-corrected chi connectivity index (χ1v) is 6.70. The van der Waals surface area contributed by atoms with Crippen molar-refractivity contribution in [1.29, 1.82) is 5.26 Å². The second-order valence-corrected chi connectivity index (χ2v) is 4.60. The summed E-state index contributed by atoms with van der Waals surface area (Å²) in [6, 6.07) is 12.3. The SMILES string of the molecule is COc1cc(C#N)ccc1Oc1cccc(Cl)c1CCl. The van der Waals surface area contributed by atoms with E-state index in [-0.39, 0.29) is 5.88 Å². The van der Waals surface area contributed by atoms with Gasteiger partial charge in [0.1, 0.15) is 5.75 Å². The van der Waals surface area contributed by atoms with Crippen molar-refractivity contribution in [3.05, 3.63) is 52.5 Å². The molecule has 0 radical (unpaired) electrons. The van der Waals surface area contributed by atoms with Crippen LogP contribution >= 0.6 is 23.2 Å². The second-order valence-electron chi connectivity index (χ2n) is 3.93. The lowest BCUT2D eigenvalue weighted by Crippen LogP contribution is -1.94. The highest BCUT2D eigenvalue weighted by molar-refractivity contribution is 6.32. The maximum Gasteiger partial charge on any atom is 0.169 e. The van der Waals surface area contributed by atoms with Gasteiger partial charge in [-0.25, -0.2) is 0 Å². The summed E-state index contributed by atoms with van der Waals surface area (Å²) in [5, 5.41) is 9.42. The number of methoxy groups -OCH3 is 1. The molecule has 3 nitrogen and oxygen atoms in total. The van der Waals surface area contributed by atoms with Gasteiger partial charge in [0.25, 0.3) is 0 Å². The first-order valence-electron chi connectivity index (χ1n) is 5.79. The van der Waals surface area contributed by atoms with E-state index in [1.165, 1.54) is 7.11 Å². The molecule has 0 spiro atoms. The van der Waals surface area contributed by atoms with Gasteiger partial charge >= 0.3 is 0 Å². The summed E-state index contributed by atoms with van der Waals surface area (Å²) in [5.74, 6) is 1.79. The number of hydrogen-bond donors (Lipinski definition) is 0. The van der Waals surface area contributed by atoms with E-state index in [9.17, 15) is 0 Å². The molecule has 0 aliphatic heterocycles. The average molecular weight is 308 g/mol. The van der Waals surface area contributed by atoms with Gasteiger partial charge < -0.3 is 9.47 Å². The van der Waals surface area contributed by atoms with E-state index in [2.05, 4.69) is 0 Å². The fourth-order valence-corrected chi connectivity index (χ4v) is 2.28. The number of alkyl halides is 1. The zero-order valence-corrected chi connectivity index (χ0v) is 12.2. The number of hydrogen-bond acceptors (Lipinski definition) is 3. The van der Waals surface area contributed by atoms with Gasteiger partial charge in [0.2, 0.25) is 0 Å². The van der Waals surface area contributed by atoms with Crippen molar-refractivity contribution in [3.8, 4) is 23.3 Å². The standard InChI is InChI=1S/C15H11Cl2NO2/c1-19-15-7-10(9-18)5-6-14(15)20-13-4-2-3-12(17)11(13)8-16/h2-7H,8H2,1H3. The number of rotatable bonds is 4. The highest BCUT2D eigenvalue weighted by Crippen LogP contribution is 2.36. The van der Waals surface area contributed by atoms with Gasteiger partial charge in [0.15, 0.2) is 11.5 Å². The molecule has 0 fully saturated rings. The Morgan fingerprint density at radius 2 is 1.95 bits per heavy atom. The van der Waals surface area contributed by atoms with Crippen molar-refractivity contribution in [2.75, 3.05) is 7.11 Å². The van der Waals surface area contributed by atoms with Crippen molar-refractivity contribution in [2.45, 2.75) is 5.88 Å². The minimum atomic E-state index is 0.244. The molecule has 102 valence electrons. The van der Waals surface area contributed by atoms with Crippen LogP contribution in [-0.2, 0) is 5.88 Å².